The minimum absolute atomic E-state index is 0.307. The van der Waals surface area contributed by atoms with Crippen LogP contribution >= 0.6 is 0 Å². The predicted octanol–water partition coefficient (Wildman–Crippen LogP) is 20.7. The molecule has 0 radical (unpaired) electrons. The second-order valence-corrected chi connectivity index (χ2v) is 22.5. The third-order valence-electron chi connectivity index (χ3n) is 14.8. The van der Waals surface area contributed by atoms with Gasteiger partial charge in [-0.15, -0.1) is 0 Å². The highest BCUT2D eigenvalue weighted by atomic mass is 16.5. The Morgan fingerprint density at radius 3 is 0.908 bits per heavy atom. The Morgan fingerprint density at radius 2 is 0.579 bits per heavy atom. The van der Waals surface area contributed by atoms with Crippen LogP contribution in [0.4, 0.5) is 34.1 Å². The third kappa shape index (κ3) is 7.99. The number of ether oxygens (including phenoxy) is 2. The Labute approximate surface area is 445 Å². The van der Waals surface area contributed by atoms with Gasteiger partial charge in [-0.2, -0.15) is 0 Å². The summed E-state index contributed by atoms with van der Waals surface area (Å²) in [6, 6.07) is 80.6. The van der Waals surface area contributed by atoms with Crippen LogP contribution < -0.4 is 19.3 Å². The van der Waals surface area contributed by atoms with Gasteiger partial charge in [-0.25, -0.2) is 0 Å². The molecule has 13 aromatic rings. The first-order valence-corrected chi connectivity index (χ1v) is 26.6. The summed E-state index contributed by atoms with van der Waals surface area (Å²) >= 11 is 0. The maximum absolute atomic E-state index is 6.33. The lowest BCUT2D eigenvalue weighted by Gasteiger charge is -2.28. The van der Waals surface area contributed by atoms with Gasteiger partial charge in [0.25, 0.3) is 0 Å². The van der Waals surface area contributed by atoms with Crippen molar-refractivity contribution in [3.8, 4) is 33.8 Å². The summed E-state index contributed by atoms with van der Waals surface area (Å²) in [5.74, 6) is 1.69. The highest BCUT2D eigenvalue weighted by Gasteiger charge is 2.30. The average molecular weight is 985 g/mol. The molecule has 0 saturated heterocycles. The highest BCUT2D eigenvalue weighted by molar-refractivity contribution is 6.47. The van der Waals surface area contributed by atoms with E-state index in [4.69, 9.17) is 9.47 Å². The monoisotopic (exact) mass is 984 g/mol. The predicted molar refractivity (Wildman–Crippen MR) is 324 cm³/mol. The lowest BCUT2D eigenvalue weighted by atomic mass is 9.87. The highest BCUT2D eigenvalue weighted by Crippen LogP contribution is 2.58. The molecule has 4 heteroatoms. The van der Waals surface area contributed by atoms with Crippen molar-refractivity contribution in [1.82, 2.24) is 0 Å². The number of hydrogen-bond donors (Lipinski definition) is 0. The molecule has 0 saturated carbocycles. The first-order valence-electron chi connectivity index (χ1n) is 26.6. The van der Waals surface area contributed by atoms with Crippen molar-refractivity contribution in [3.05, 3.63) is 230 Å². The van der Waals surface area contributed by atoms with Gasteiger partial charge in [0.1, 0.15) is 22.7 Å². The van der Waals surface area contributed by atoms with Crippen LogP contribution in [-0.2, 0) is 0 Å². The van der Waals surface area contributed by atoms with Gasteiger partial charge in [-0.3, -0.25) is 0 Å². The molecule has 13 rings (SSSR count). The van der Waals surface area contributed by atoms with E-state index in [1.54, 1.807) is 0 Å². The van der Waals surface area contributed by atoms with E-state index < -0.39 is 0 Å². The molecule has 4 nitrogen and oxygen atoms in total. The van der Waals surface area contributed by atoms with Gasteiger partial charge in [0, 0.05) is 33.5 Å². The molecule has 0 atom stereocenters. The van der Waals surface area contributed by atoms with Gasteiger partial charge in [-0.05, 0) is 216 Å². The Balaban J connectivity index is 1.12. The van der Waals surface area contributed by atoms with Crippen molar-refractivity contribution in [3.63, 3.8) is 0 Å². The van der Waals surface area contributed by atoms with Crippen molar-refractivity contribution in [2.45, 2.75) is 66.6 Å². The van der Waals surface area contributed by atoms with Crippen LogP contribution in [0.2, 0.25) is 0 Å². The van der Waals surface area contributed by atoms with E-state index in [0.29, 0.717) is 0 Å². The molecule has 370 valence electrons. The molecule has 0 bridgehead atoms. The second kappa shape index (κ2) is 17.9. The molecule has 76 heavy (non-hydrogen) atoms. The van der Waals surface area contributed by atoms with E-state index in [-0.39, 0.29) is 11.2 Å². The molecule has 0 unspecified atom stereocenters. The largest absolute Gasteiger partial charge is 0.488 e. The zero-order valence-electron chi connectivity index (χ0n) is 44.5. The summed E-state index contributed by atoms with van der Waals surface area (Å²) in [6.45, 7) is 16.8. The number of nitrogens with zero attached hydrogens (tertiary/aromatic N) is 2. The van der Waals surface area contributed by atoms with Crippen molar-refractivity contribution in [2.24, 2.45) is 0 Å². The number of rotatable bonds is 10. The third-order valence-corrected chi connectivity index (χ3v) is 14.8. The number of aryl methyl sites for hydroxylation is 2. The number of hydrogen-bond acceptors (Lipinski definition) is 4. The van der Waals surface area contributed by atoms with Crippen molar-refractivity contribution >= 4 is 98.8 Å². The molecule has 0 aliphatic rings. The molecule has 0 fully saturated rings. The molecule has 13 aromatic carbocycles. The van der Waals surface area contributed by atoms with Crippen LogP contribution in [0, 0.1) is 13.8 Å². The smallest absolute Gasteiger partial charge is 0.120 e. The summed E-state index contributed by atoms with van der Waals surface area (Å²) in [5.41, 5.74) is 13.3. The van der Waals surface area contributed by atoms with E-state index in [2.05, 4.69) is 284 Å². The lowest BCUT2D eigenvalue weighted by molar-refractivity contribution is 0.130. The molecule has 0 aliphatic carbocycles. The molecule has 0 N–H and O–H groups in total. The minimum atomic E-state index is -0.307. The quantitative estimate of drug-likeness (QED) is 0.136. The molecule has 0 spiro atoms. The Hall–Kier alpha value is -8.86. The SMILES string of the molecule is Cc1ccc(N(c2ccc(OC(C)(C)C)cc2)c2ccc3c4c(-c5ccccc5)c5c6ccc(N(c7ccc(C)cc7)c7ccc(OC(C)(C)C)cc7)c7cccc(c5c(-c5ccccc5)c4c4cccc2c43)c76)cc1. The maximum atomic E-state index is 6.33. The van der Waals surface area contributed by atoms with Gasteiger partial charge in [0.2, 0.25) is 0 Å². The van der Waals surface area contributed by atoms with E-state index in [1.165, 1.54) is 98.0 Å². The lowest BCUT2D eigenvalue weighted by Crippen LogP contribution is -2.22. The van der Waals surface area contributed by atoms with Crippen LogP contribution in [-0.4, -0.2) is 11.2 Å². The first kappa shape index (κ1) is 46.9. The molecular weight excluding hydrogens is 925 g/mol. The van der Waals surface area contributed by atoms with Crippen LogP contribution in [0.1, 0.15) is 52.7 Å². The second-order valence-electron chi connectivity index (χ2n) is 22.5. The van der Waals surface area contributed by atoms with Gasteiger partial charge >= 0.3 is 0 Å². The first-order chi connectivity index (χ1) is 36.8. The van der Waals surface area contributed by atoms with Gasteiger partial charge in [0.05, 0.1) is 11.4 Å². The summed E-state index contributed by atoms with van der Waals surface area (Å²) in [6.07, 6.45) is 0. The van der Waals surface area contributed by atoms with Gasteiger partial charge < -0.3 is 19.3 Å². The molecule has 0 heterocycles. The topological polar surface area (TPSA) is 24.9 Å². The fourth-order valence-corrected chi connectivity index (χ4v) is 11.9. The van der Waals surface area contributed by atoms with E-state index in [9.17, 15) is 0 Å². The molecule has 0 aliphatic heterocycles. The Bertz CT molecular complexity index is 3930. The van der Waals surface area contributed by atoms with E-state index in [1.807, 2.05) is 0 Å². The van der Waals surface area contributed by atoms with Crippen molar-refractivity contribution in [2.75, 3.05) is 9.80 Å². The summed E-state index contributed by atoms with van der Waals surface area (Å²) in [7, 11) is 0. The minimum Gasteiger partial charge on any atom is -0.488 e. The van der Waals surface area contributed by atoms with Crippen molar-refractivity contribution in [1.29, 1.82) is 0 Å². The van der Waals surface area contributed by atoms with E-state index >= 15 is 0 Å². The van der Waals surface area contributed by atoms with Crippen LogP contribution in [0.5, 0.6) is 11.5 Å². The van der Waals surface area contributed by atoms with E-state index in [0.717, 1.165) is 45.6 Å². The molecule has 0 aromatic heterocycles. The molecule has 0 amide bonds. The normalized spacial score (nSPS) is 12.2. The van der Waals surface area contributed by atoms with Gasteiger partial charge in [0.15, 0.2) is 0 Å². The zero-order valence-corrected chi connectivity index (χ0v) is 44.5. The number of anilines is 6. The summed E-state index contributed by atoms with van der Waals surface area (Å²) in [4.78, 5) is 4.82. The van der Waals surface area contributed by atoms with Gasteiger partial charge in [-0.1, -0.05) is 145 Å². The fourth-order valence-electron chi connectivity index (χ4n) is 11.9. The van der Waals surface area contributed by atoms with Crippen LogP contribution in [0.3, 0.4) is 0 Å². The van der Waals surface area contributed by atoms with Crippen molar-refractivity contribution < 1.29 is 9.47 Å². The Kier molecular flexibility index (Phi) is 11.1. The number of fused-ring (bicyclic) bond motifs is 6. The maximum Gasteiger partial charge on any atom is 0.120 e. The Morgan fingerprint density at radius 1 is 0.276 bits per heavy atom. The standard InChI is InChI=1S/C72H60N2O2/c1-45-25-29-49(30-26-45)73(51-33-37-53(38-34-51)75-71(3,4)5)61-43-41-59-65-55(61)21-15-23-57(65)67-63(47-17-11-9-12-18-47)68-58-24-16-22-56-62(44-42-60(66(56)58)70(68)64(69(59)67)48-19-13-10-14-20-48)74(50-31-27-46(2)28-32-50)52-35-39-54(40-36-52)76-72(6,7)8/h9-44H,1-8H3. The molecular formula is C72H60N2O2. The summed E-state index contributed by atoms with van der Waals surface area (Å²) in [5, 5.41) is 15.0. The fraction of sp³-hybridized carbons (Fsp3) is 0.139. The van der Waals surface area contributed by atoms with Crippen LogP contribution in [0.25, 0.3) is 86.9 Å². The number of benzene rings is 11. The zero-order chi connectivity index (χ0) is 52.0. The average Bonchev–Trinajstić information content (AvgIpc) is 4.05. The summed E-state index contributed by atoms with van der Waals surface area (Å²) < 4.78 is 12.7. The van der Waals surface area contributed by atoms with Crippen LogP contribution in [0.15, 0.2) is 218 Å².